The first kappa shape index (κ1) is 14.8. The number of rotatable bonds is 6. The van der Waals surface area contributed by atoms with E-state index in [1.165, 1.54) is 25.7 Å². The molecular formula is C16H30N2O. The van der Waals surface area contributed by atoms with E-state index >= 15 is 0 Å². The summed E-state index contributed by atoms with van der Waals surface area (Å²) in [6.45, 7) is 7.69. The van der Waals surface area contributed by atoms with Gasteiger partial charge >= 0.3 is 0 Å². The van der Waals surface area contributed by atoms with E-state index in [4.69, 9.17) is 0 Å². The maximum Gasteiger partial charge on any atom is 0.241 e. The first-order valence-corrected chi connectivity index (χ1v) is 8.22. The van der Waals surface area contributed by atoms with Crippen LogP contribution in [0.15, 0.2) is 0 Å². The maximum atomic E-state index is 12.5. The van der Waals surface area contributed by atoms with Crippen molar-refractivity contribution >= 4 is 5.91 Å². The van der Waals surface area contributed by atoms with Gasteiger partial charge in [0.15, 0.2) is 0 Å². The number of carbonyl (C=O) groups is 1. The Kier molecular flexibility index (Phi) is 5.26. The average molecular weight is 266 g/mol. The SMILES string of the molecule is CCCCC1NC(CC)N(CC2CCC(C)C2)C1=O. The van der Waals surface area contributed by atoms with Crippen LogP contribution in [-0.2, 0) is 4.79 Å². The summed E-state index contributed by atoms with van der Waals surface area (Å²) < 4.78 is 0. The molecule has 0 aromatic rings. The molecule has 0 aromatic heterocycles. The summed E-state index contributed by atoms with van der Waals surface area (Å²) in [4.78, 5) is 14.7. The van der Waals surface area contributed by atoms with Gasteiger partial charge in [0, 0.05) is 6.54 Å². The summed E-state index contributed by atoms with van der Waals surface area (Å²) in [5, 5.41) is 3.54. The van der Waals surface area contributed by atoms with E-state index < -0.39 is 0 Å². The van der Waals surface area contributed by atoms with Crippen molar-refractivity contribution in [1.29, 1.82) is 0 Å². The van der Waals surface area contributed by atoms with E-state index in [1.807, 2.05) is 0 Å². The van der Waals surface area contributed by atoms with Gasteiger partial charge in [-0.2, -0.15) is 0 Å². The third-order valence-electron chi connectivity index (χ3n) is 4.84. The van der Waals surface area contributed by atoms with E-state index in [9.17, 15) is 4.79 Å². The number of nitrogens with zero attached hydrogens (tertiary/aromatic N) is 1. The Labute approximate surface area is 118 Å². The molecule has 3 heteroatoms. The topological polar surface area (TPSA) is 32.3 Å². The molecule has 1 amide bonds. The zero-order valence-corrected chi connectivity index (χ0v) is 12.8. The van der Waals surface area contributed by atoms with E-state index in [-0.39, 0.29) is 12.2 Å². The van der Waals surface area contributed by atoms with E-state index in [1.54, 1.807) is 0 Å². The van der Waals surface area contributed by atoms with Crippen molar-refractivity contribution in [1.82, 2.24) is 10.2 Å². The molecule has 1 saturated heterocycles. The molecule has 1 aliphatic heterocycles. The Bertz CT molecular complexity index is 305. The predicted octanol–water partition coefficient (Wildman–Crippen LogP) is 3.15. The van der Waals surface area contributed by atoms with Crippen molar-refractivity contribution in [3.05, 3.63) is 0 Å². The normalized spacial score (nSPS) is 35.3. The van der Waals surface area contributed by atoms with Gasteiger partial charge in [-0.25, -0.2) is 0 Å². The Morgan fingerprint density at radius 3 is 2.68 bits per heavy atom. The second kappa shape index (κ2) is 6.74. The molecule has 1 aliphatic carbocycles. The summed E-state index contributed by atoms with van der Waals surface area (Å²) >= 11 is 0. The highest BCUT2D eigenvalue weighted by Gasteiger charge is 2.38. The van der Waals surface area contributed by atoms with Crippen LogP contribution >= 0.6 is 0 Å². The van der Waals surface area contributed by atoms with Crippen molar-refractivity contribution in [2.45, 2.75) is 77.9 Å². The molecule has 110 valence electrons. The molecule has 2 rings (SSSR count). The van der Waals surface area contributed by atoms with Crippen molar-refractivity contribution in [3.8, 4) is 0 Å². The first-order valence-electron chi connectivity index (χ1n) is 8.22. The summed E-state index contributed by atoms with van der Waals surface area (Å²) in [5.41, 5.74) is 0. The smallest absolute Gasteiger partial charge is 0.241 e. The van der Waals surface area contributed by atoms with Crippen LogP contribution in [0.2, 0.25) is 0 Å². The van der Waals surface area contributed by atoms with Crippen LogP contribution in [0.1, 0.15) is 65.7 Å². The lowest BCUT2D eigenvalue weighted by atomic mass is 10.0. The van der Waals surface area contributed by atoms with Crippen LogP contribution < -0.4 is 5.32 Å². The molecule has 2 aliphatic rings. The second-order valence-corrected chi connectivity index (χ2v) is 6.56. The molecule has 0 aromatic carbocycles. The van der Waals surface area contributed by atoms with Crippen LogP contribution in [-0.4, -0.2) is 29.6 Å². The fourth-order valence-corrected chi connectivity index (χ4v) is 3.69. The molecule has 1 heterocycles. The largest absolute Gasteiger partial charge is 0.326 e. The molecule has 4 atom stereocenters. The lowest BCUT2D eigenvalue weighted by molar-refractivity contribution is -0.130. The molecule has 0 bridgehead atoms. The third kappa shape index (κ3) is 3.50. The van der Waals surface area contributed by atoms with Gasteiger partial charge in [0.1, 0.15) is 0 Å². The number of nitrogens with one attached hydrogen (secondary N) is 1. The number of hydrogen-bond donors (Lipinski definition) is 1. The number of hydrogen-bond acceptors (Lipinski definition) is 2. The van der Waals surface area contributed by atoms with Gasteiger partial charge in [-0.3, -0.25) is 10.1 Å². The Morgan fingerprint density at radius 1 is 1.32 bits per heavy atom. The van der Waals surface area contributed by atoms with Crippen molar-refractivity contribution in [3.63, 3.8) is 0 Å². The average Bonchev–Trinajstić information content (AvgIpc) is 2.93. The minimum atomic E-state index is 0.0868. The highest BCUT2D eigenvalue weighted by atomic mass is 16.2. The summed E-state index contributed by atoms with van der Waals surface area (Å²) in [5.74, 6) is 1.95. The molecule has 19 heavy (non-hydrogen) atoms. The Hall–Kier alpha value is -0.570. The summed E-state index contributed by atoms with van der Waals surface area (Å²) in [6, 6.07) is 0.0868. The summed E-state index contributed by atoms with van der Waals surface area (Å²) in [6.07, 6.45) is 8.58. The fraction of sp³-hybridized carbons (Fsp3) is 0.938. The van der Waals surface area contributed by atoms with E-state index in [0.717, 1.165) is 37.6 Å². The molecule has 2 fully saturated rings. The van der Waals surface area contributed by atoms with Gasteiger partial charge < -0.3 is 4.90 Å². The van der Waals surface area contributed by atoms with Crippen molar-refractivity contribution < 1.29 is 4.79 Å². The molecule has 4 unspecified atom stereocenters. The molecule has 0 radical (unpaired) electrons. The number of carbonyl (C=O) groups excluding carboxylic acids is 1. The third-order valence-corrected chi connectivity index (χ3v) is 4.84. The minimum absolute atomic E-state index is 0.0868. The van der Waals surface area contributed by atoms with Crippen LogP contribution in [0.4, 0.5) is 0 Å². The van der Waals surface area contributed by atoms with Crippen LogP contribution in [0.25, 0.3) is 0 Å². The lowest BCUT2D eigenvalue weighted by Crippen LogP contribution is -2.39. The highest BCUT2D eigenvalue weighted by molar-refractivity contribution is 5.84. The van der Waals surface area contributed by atoms with Crippen molar-refractivity contribution in [2.24, 2.45) is 11.8 Å². The highest BCUT2D eigenvalue weighted by Crippen LogP contribution is 2.32. The predicted molar refractivity (Wildman–Crippen MR) is 78.7 cm³/mol. The van der Waals surface area contributed by atoms with Gasteiger partial charge in [-0.05, 0) is 37.5 Å². The minimum Gasteiger partial charge on any atom is -0.326 e. The fourth-order valence-electron chi connectivity index (χ4n) is 3.69. The maximum absolute atomic E-state index is 12.5. The van der Waals surface area contributed by atoms with Crippen LogP contribution in [0, 0.1) is 11.8 Å². The van der Waals surface area contributed by atoms with Gasteiger partial charge in [0.05, 0.1) is 12.2 Å². The van der Waals surface area contributed by atoms with Gasteiger partial charge in [0.25, 0.3) is 0 Å². The zero-order valence-electron chi connectivity index (χ0n) is 12.8. The van der Waals surface area contributed by atoms with Crippen LogP contribution in [0.5, 0.6) is 0 Å². The number of unbranched alkanes of at least 4 members (excludes halogenated alkanes) is 1. The van der Waals surface area contributed by atoms with E-state index in [2.05, 4.69) is 31.0 Å². The van der Waals surface area contributed by atoms with Gasteiger partial charge in [-0.15, -0.1) is 0 Å². The molecule has 1 N–H and O–H groups in total. The zero-order chi connectivity index (χ0) is 13.8. The molecule has 3 nitrogen and oxygen atoms in total. The Morgan fingerprint density at radius 2 is 2.11 bits per heavy atom. The molecule has 1 saturated carbocycles. The Balaban J connectivity index is 1.91. The quantitative estimate of drug-likeness (QED) is 0.801. The standard InChI is InChI=1S/C16H30N2O/c1-4-6-7-14-16(19)18(15(5-2)17-14)11-13-9-8-12(3)10-13/h12-15,17H,4-11H2,1-3H3. The monoisotopic (exact) mass is 266 g/mol. The van der Waals surface area contributed by atoms with Crippen LogP contribution in [0.3, 0.4) is 0 Å². The first-order chi connectivity index (χ1) is 9.15. The lowest BCUT2D eigenvalue weighted by Gasteiger charge is -2.26. The van der Waals surface area contributed by atoms with Gasteiger partial charge in [-0.1, -0.05) is 40.0 Å². The van der Waals surface area contributed by atoms with Gasteiger partial charge in [0.2, 0.25) is 5.91 Å². The number of amides is 1. The summed E-state index contributed by atoms with van der Waals surface area (Å²) in [7, 11) is 0. The second-order valence-electron chi connectivity index (χ2n) is 6.56. The van der Waals surface area contributed by atoms with Crippen molar-refractivity contribution in [2.75, 3.05) is 6.54 Å². The van der Waals surface area contributed by atoms with E-state index in [0.29, 0.717) is 5.91 Å². The molecule has 0 spiro atoms. The molecular weight excluding hydrogens is 236 g/mol.